The normalized spacial score (nSPS) is 10.1. The number of anilines is 1. The molecule has 2 N–H and O–H groups in total. The highest BCUT2D eigenvalue weighted by atomic mass is 16.6. The van der Waals surface area contributed by atoms with Gasteiger partial charge in [-0.3, -0.25) is 10.1 Å². The Hall–Kier alpha value is -2.44. The van der Waals surface area contributed by atoms with E-state index in [0.29, 0.717) is 0 Å². The van der Waals surface area contributed by atoms with Crippen molar-refractivity contribution in [3.05, 3.63) is 34.8 Å². The van der Waals surface area contributed by atoms with E-state index in [0.717, 1.165) is 6.33 Å². The van der Waals surface area contributed by atoms with Gasteiger partial charge in [0.05, 0.1) is 11.2 Å². The first kappa shape index (κ1) is 9.13. The van der Waals surface area contributed by atoms with E-state index in [1.54, 1.807) is 12.1 Å². The summed E-state index contributed by atoms with van der Waals surface area (Å²) in [6, 6.07) is 3.17. The minimum Gasteiger partial charge on any atom is -0.462 e. The molecule has 0 aliphatic carbocycles. The van der Waals surface area contributed by atoms with Crippen LogP contribution < -0.4 is 5.73 Å². The summed E-state index contributed by atoms with van der Waals surface area (Å²) >= 11 is 0. The van der Waals surface area contributed by atoms with Gasteiger partial charge in [-0.15, -0.1) is 0 Å². The standard InChI is InChI=1S/C8H6N4O3/c9-8-7(12(13)14)6(10-4-11-8)5-2-1-3-15-5/h1-4H,(H2,9,10,11). The van der Waals surface area contributed by atoms with Gasteiger partial charge in [0.15, 0.2) is 11.5 Å². The van der Waals surface area contributed by atoms with Crippen LogP contribution in [0.1, 0.15) is 0 Å². The molecule has 2 aromatic rings. The monoisotopic (exact) mass is 206 g/mol. The number of hydrogen-bond acceptors (Lipinski definition) is 6. The molecule has 0 aliphatic heterocycles. The Morgan fingerprint density at radius 2 is 2.27 bits per heavy atom. The first-order valence-electron chi connectivity index (χ1n) is 3.99. The lowest BCUT2D eigenvalue weighted by Crippen LogP contribution is -2.01. The Labute approximate surface area is 83.7 Å². The molecule has 0 aromatic carbocycles. The molecule has 0 radical (unpaired) electrons. The number of nitrogen functional groups attached to an aromatic ring is 1. The van der Waals surface area contributed by atoms with Crippen LogP contribution in [-0.4, -0.2) is 14.9 Å². The zero-order valence-corrected chi connectivity index (χ0v) is 7.45. The fourth-order valence-corrected chi connectivity index (χ4v) is 1.17. The average molecular weight is 206 g/mol. The quantitative estimate of drug-likeness (QED) is 0.584. The van der Waals surface area contributed by atoms with Crippen LogP contribution in [0.3, 0.4) is 0 Å². The molecule has 0 saturated carbocycles. The molecule has 0 spiro atoms. The Balaban J connectivity index is 2.66. The number of nitro groups is 1. The first-order chi connectivity index (χ1) is 7.20. The average Bonchev–Trinajstić information content (AvgIpc) is 2.69. The minimum atomic E-state index is -0.632. The molecule has 0 saturated heterocycles. The molecule has 2 aromatic heterocycles. The topological polar surface area (TPSA) is 108 Å². The van der Waals surface area contributed by atoms with E-state index in [1.165, 1.54) is 6.26 Å². The van der Waals surface area contributed by atoms with Crippen LogP contribution in [0.4, 0.5) is 11.5 Å². The smallest absolute Gasteiger partial charge is 0.340 e. The van der Waals surface area contributed by atoms with Crippen molar-refractivity contribution in [2.24, 2.45) is 0 Å². The Kier molecular flexibility index (Phi) is 2.05. The molecule has 0 amide bonds. The van der Waals surface area contributed by atoms with Crippen LogP contribution in [0.2, 0.25) is 0 Å². The third-order valence-electron chi connectivity index (χ3n) is 1.79. The Morgan fingerprint density at radius 3 is 2.87 bits per heavy atom. The number of nitrogens with two attached hydrogens (primary N) is 1. The molecule has 0 bridgehead atoms. The lowest BCUT2D eigenvalue weighted by Gasteiger charge is -1.99. The molecule has 76 valence electrons. The summed E-state index contributed by atoms with van der Waals surface area (Å²) in [5.41, 5.74) is 5.13. The summed E-state index contributed by atoms with van der Waals surface area (Å²) in [6.45, 7) is 0. The maximum Gasteiger partial charge on any atom is 0.340 e. The van der Waals surface area contributed by atoms with Gasteiger partial charge in [0.1, 0.15) is 6.33 Å². The van der Waals surface area contributed by atoms with Crippen LogP contribution in [0, 0.1) is 10.1 Å². The van der Waals surface area contributed by atoms with Crippen LogP contribution in [-0.2, 0) is 0 Å². The maximum absolute atomic E-state index is 10.7. The molecule has 7 nitrogen and oxygen atoms in total. The number of nitrogens with zero attached hydrogens (tertiary/aromatic N) is 3. The van der Waals surface area contributed by atoms with E-state index >= 15 is 0 Å². The molecular weight excluding hydrogens is 200 g/mol. The fourth-order valence-electron chi connectivity index (χ4n) is 1.17. The second-order valence-corrected chi connectivity index (χ2v) is 2.69. The van der Waals surface area contributed by atoms with Gasteiger partial charge in [-0.05, 0) is 12.1 Å². The Bertz CT molecular complexity index is 495. The van der Waals surface area contributed by atoms with Crippen molar-refractivity contribution in [3.63, 3.8) is 0 Å². The van der Waals surface area contributed by atoms with E-state index in [2.05, 4.69) is 9.97 Å². The van der Waals surface area contributed by atoms with Crippen molar-refractivity contribution >= 4 is 11.5 Å². The van der Waals surface area contributed by atoms with Gasteiger partial charge in [0, 0.05) is 0 Å². The molecule has 2 rings (SSSR count). The summed E-state index contributed by atoms with van der Waals surface area (Å²) in [6.07, 6.45) is 2.55. The zero-order valence-electron chi connectivity index (χ0n) is 7.45. The predicted molar refractivity (Wildman–Crippen MR) is 50.8 cm³/mol. The van der Waals surface area contributed by atoms with Crippen molar-refractivity contribution in [1.82, 2.24) is 9.97 Å². The highest BCUT2D eigenvalue weighted by Crippen LogP contribution is 2.30. The molecule has 15 heavy (non-hydrogen) atoms. The lowest BCUT2D eigenvalue weighted by molar-refractivity contribution is -0.383. The van der Waals surface area contributed by atoms with Gasteiger partial charge in [0.25, 0.3) is 0 Å². The van der Waals surface area contributed by atoms with Gasteiger partial charge in [-0.2, -0.15) is 0 Å². The van der Waals surface area contributed by atoms with Gasteiger partial charge >= 0.3 is 5.69 Å². The van der Waals surface area contributed by atoms with Crippen LogP contribution in [0.15, 0.2) is 29.1 Å². The van der Waals surface area contributed by atoms with Crippen molar-refractivity contribution in [2.45, 2.75) is 0 Å². The van der Waals surface area contributed by atoms with Crippen LogP contribution >= 0.6 is 0 Å². The molecule has 2 heterocycles. The van der Waals surface area contributed by atoms with Crippen molar-refractivity contribution < 1.29 is 9.34 Å². The second kappa shape index (κ2) is 3.37. The highest BCUT2D eigenvalue weighted by Gasteiger charge is 2.23. The van der Waals surface area contributed by atoms with E-state index in [4.69, 9.17) is 10.2 Å². The zero-order chi connectivity index (χ0) is 10.8. The number of aromatic nitrogens is 2. The number of hydrogen-bond donors (Lipinski definition) is 1. The summed E-state index contributed by atoms with van der Waals surface area (Å²) in [5.74, 6) is 0.109. The number of rotatable bonds is 2. The first-order valence-corrected chi connectivity index (χ1v) is 3.99. The third-order valence-corrected chi connectivity index (χ3v) is 1.79. The summed E-state index contributed by atoms with van der Waals surface area (Å²) in [5, 5.41) is 10.7. The largest absolute Gasteiger partial charge is 0.462 e. The highest BCUT2D eigenvalue weighted by molar-refractivity contribution is 5.72. The molecular formula is C8H6N4O3. The predicted octanol–water partition coefficient (Wildman–Crippen LogP) is 1.23. The second-order valence-electron chi connectivity index (χ2n) is 2.69. The van der Waals surface area contributed by atoms with E-state index < -0.39 is 4.92 Å². The molecule has 0 fully saturated rings. The van der Waals surface area contributed by atoms with E-state index in [1.807, 2.05) is 0 Å². The van der Waals surface area contributed by atoms with Crippen LogP contribution in [0.25, 0.3) is 11.5 Å². The molecule has 0 unspecified atom stereocenters. The summed E-state index contributed by atoms with van der Waals surface area (Å²) in [4.78, 5) is 17.4. The fraction of sp³-hybridized carbons (Fsp3) is 0. The SMILES string of the molecule is Nc1ncnc(-c2ccco2)c1[N+](=O)[O-]. The minimum absolute atomic E-state index is 0.0810. The van der Waals surface area contributed by atoms with Crippen molar-refractivity contribution in [1.29, 1.82) is 0 Å². The van der Waals surface area contributed by atoms with Crippen LogP contribution in [0.5, 0.6) is 0 Å². The lowest BCUT2D eigenvalue weighted by atomic mass is 10.2. The third kappa shape index (κ3) is 1.50. The van der Waals surface area contributed by atoms with Gasteiger partial charge < -0.3 is 10.2 Å². The van der Waals surface area contributed by atoms with Gasteiger partial charge in [-0.25, -0.2) is 9.97 Å². The summed E-state index contributed by atoms with van der Waals surface area (Å²) < 4.78 is 5.02. The molecule has 7 heteroatoms. The summed E-state index contributed by atoms with van der Waals surface area (Å²) in [7, 11) is 0. The van der Waals surface area contributed by atoms with Gasteiger partial charge in [0.2, 0.25) is 5.82 Å². The van der Waals surface area contributed by atoms with Gasteiger partial charge in [-0.1, -0.05) is 0 Å². The van der Waals surface area contributed by atoms with E-state index in [-0.39, 0.29) is 23.0 Å². The Morgan fingerprint density at radius 1 is 1.47 bits per heavy atom. The molecule has 0 aliphatic rings. The molecule has 0 atom stereocenters. The van der Waals surface area contributed by atoms with Crippen molar-refractivity contribution in [3.8, 4) is 11.5 Å². The van der Waals surface area contributed by atoms with E-state index in [9.17, 15) is 10.1 Å². The maximum atomic E-state index is 10.7. The number of furan rings is 1. The van der Waals surface area contributed by atoms with Crippen molar-refractivity contribution in [2.75, 3.05) is 5.73 Å².